The van der Waals surface area contributed by atoms with Gasteiger partial charge < -0.3 is 0 Å². The van der Waals surface area contributed by atoms with Gasteiger partial charge in [0.25, 0.3) is 0 Å². The Balaban J connectivity index is 2.53. The number of anilines is 1. The number of nitrogens with zero attached hydrogens (tertiary/aromatic N) is 3. The maximum Gasteiger partial charge on any atom is 0.243 e. The molecule has 0 atom stereocenters. The number of hydrogen-bond acceptors (Lipinski definition) is 4. The lowest BCUT2D eigenvalue weighted by molar-refractivity contribution is 0.614. The van der Waals surface area contributed by atoms with Crippen molar-refractivity contribution in [3.63, 3.8) is 0 Å². The summed E-state index contributed by atoms with van der Waals surface area (Å²) in [5.74, 6) is 4.97. The molecule has 0 aromatic carbocycles. The summed E-state index contributed by atoms with van der Waals surface area (Å²) in [6.45, 7) is 1.69. The van der Waals surface area contributed by atoms with Crippen molar-refractivity contribution in [1.82, 2.24) is 9.97 Å². The highest BCUT2D eigenvalue weighted by molar-refractivity contribution is 5.78. The zero-order valence-electron chi connectivity index (χ0n) is 6.95. The second-order valence-corrected chi connectivity index (χ2v) is 1.99. The Morgan fingerprint density at radius 1 is 1.54 bits per heavy atom. The summed E-state index contributed by atoms with van der Waals surface area (Å²) in [6.07, 6.45) is 3.47. The van der Waals surface area contributed by atoms with E-state index in [2.05, 4.69) is 32.3 Å². The van der Waals surface area contributed by atoms with Gasteiger partial charge in [-0.15, -0.1) is 5.92 Å². The van der Waals surface area contributed by atoms with Gasteiger partial charge in [0, 0.05) is 0 Å². The Labute approximate surface area is 74.9 Å². The van der Waals surface area contributed by atoms with Gasteiger partial charge in [0.15, 0.2) is 5.82 Å². The Morgan fingerprint density at radius 3 is 2.85 bits per heavy atom. The van der Waals surface area contributed by atoms with Crippen LogP contribution in [0.4, 0.5) is 10.3 Å². The van der Waals surface area contributed by atoms with Gasteiger partial charge >= 0.3 is 0 Å². The van der Waals surface area contributed by atoms with Gasteiger partial charge in [-0.05, 0) is 6.92 Å². The van der Waals surface area contributed by atoms with Crippen molar-refractivity contribution in [2.45, 2.75) is 6.92 Å². The summed E-state index contributed by atoms with van der Waals surface area (Å²) in [5, 5.41) is 3.66. The number of aromatic nitrogens is 2. The van der Waals surface area contributed by atoms with E-state index >= 15 is 0 Å². The molecule has 0 amide bonds. The maximum atomic E-state index is 12.3. The molecule has 0 saturated heterocycles. The van der Waals surface area contributed by atoms with Crippen LogP contribution in [0.3, 0.4) is 0 Å². The molecule has 0 unspecified atom stereocenters. The standard InChI is InChI=1S/C8H7FN4/c1-2-3-4-12-13-8-10-5-7(9)6-11-8/h4-6H,1H3,(H,10,11,13)/b12-4+. The predicted octanol–water partition coefficient (Wildman–Crippen LogP) is 1.04. The molecule has 66 valence electrons. The molecule has 0 aliphatic rings. The lowest BCUT2D eigenvalue weighted by Crippen LogP contribution is -1.95. The topological polar surface area (TPSA) is 50.2 Å². The molecule has 1 aromatic heterocycles. The molecule has 0 aliphatic heterocycles. The van der Waals surface area contributed by atoms with Crippen LogP contribution in [0.15, 0.2) is 17.5 Å². The lowest BCUT2D eigenvalue weighted by atomic mass is 10.6. The minimum atomic E-state index is -0.483. The fourth-order valence-electron chi connectivity index (χ4n) is 0.557. The van der Waals surface area contributed by atoms with E-state index in [-0.39, 0.29) is 5.95 Å². The largest absolute Gasteiger partial charge is 0.245 e. The van der Waals surface area contributed by atoms with Crippen LogP contribution in [0.25, 0.3) is 0 Å². The summed E-state index contributed by atoms with van der Waals surface area (Å²) < 4.78 is 12.3. The van der Waals surface area contributed by atoms with Crippen molar-refractivity contribution in [3.05, 3.63) is 18.2 Å². The van der Waals surface area contributed by atoms with Gasteiger partial charge in [0.1, 0.15) is 0 Å². The Morgan fingerprint density at radius 2 is 2.23 bits per heavy atom. The van der Waals surface area contributed by atoms with E-state index in [1.54, 1.807) is 6.92 Å². The molecule has 1 heterocycles. The van der Waals surface area contributed by atoms with Gasteiger partial charge in [-0.25, -0.2) is 19.8 Å². The molecule has 0 saturated carbocycles. The second-order valence-electron chi connectivity index (χ2n) is 1.99. The molecule has 0 fully saturated rings. The van der Waals surface area contributed by atoms with E-state index in [4.69, 9.17) is 0 Å². The number of halogens is 1. The van der Waals surface area contributed by atoms with E-state index in [1.807, 2.05) is 0 Å². The molecule has 0 bridgehead atoms. The highest BCUT2D eigenvalue weighted by Crippen LogP contribution is 1.96. The molecule has 5 heteroatoms. The van der Waals surface area contributed by atoms with E-state index < -0.39 is 5.82 Å². The van der Waals surface area contributed by atoms with E-state index in [0.29, 0.717) is 0 Å². The van der Waals surface area contributed by atoms with Gasteiger partial charge in [0.05, 0.1) is 18.6 Å². The fraction of sp³-hybridized carbons (Fsp3) is 0.125. The monoisotopic (exact) mass is 178 g/mol. The molecule has 0 radical (unpaired) electrons. The van der Waals surface area contributed by atoms with E-state index in [9.17, 15) is 4.39 Å². The SMILES string of the molecule is CC#C/C=N/Nc1ncc(F)cn1. The second kappa shape index (κ2) is 4.83. The van der Waals surface area contributed by atoms with Crippen molar-refractivity contribution >= 4 is 12.2 Å². The highest BCUT2D eigenvalue weighted by Gasteiger charge is 1.92. The first-order chi connectivity index (χ1) is 6.33. The number of hydrazone groups is 1. The smallest absolute Gasteiger partial charge is 0.243 e. The van der Waals surface area contributed by atoms with Crippen LogP contribution in [0.5, 0.6) is 0 Å². The molecule has 0 aliphatic carbocycles. The van der Waals surface area contributed by atoms with Crippen molar-refractivity contribution in [2.75, 3.05) is 5.43 Å². The molecule has 13 heavy (non-hydrogen) atoms. The van der Waals surface area contributed by atoms with Crippen LogP contribution in [-0.2, 0) is 0 Å². The fourth-order valence-corrected chi connectivity index (χ4v) is 0.557. The predicted molar refractivity (Wildman–Crippen MR) is 47.6 cm³/mol. The Kier molecular flexibility index (Phi) is 3.39. The van der Waals surface area contributed by atoms with Crippen molar-refractivity contribution in [3.8, 4) is 11.8 Å². The normalized spacial score (nSPS) is 9.38. The zero-order valence-corrected chi connectivity index (χ0v) is 6.95. The molecular weight excluding hydrogens is 171 g/mol. The number of hydrogen-bond donors (Lipinski definition) is 1. The average Bonchev–Trinajstić information content (AvgIpc) is 2.15. The van der Waals surface area contributed by atoms with E-state index in [0.717, 1.165) is 12.4 Å². The van der Waals surface area contributed by atoms with Gasteiger partial charge in [-0.2, -0.15) is 5.10 Å². The van der Waals surface area contributed by atoms with Crippen LogP contribution in [0.1, 0.15) is 6.92 Å². The van der Waals surface area contributed by atoms with Crippen molar-refractivity contribution < 1.29 is 4.39 Å². The van der Waals surface area contributed by atoms with Crippen molar-refractivity contribution in [2.24, 2.45) is 5.10 Å². The quantitative estimate of drug-likeness (QED) is 0.418. The van der Waals surface area contributed by atoms with Gasteiger partial charge in [-0.3, -0.25) is 0 Å². The molecule has 0 spiro atoms. The molecule has 1 aromatic rings. The summed E-state index contributed by atoms with van der Waals surface area (Å²) in [6, 6.07) is 0. The lowest BCUT2D eigenvalue weighted by Gasteiger charge is -1.94. The summed E-state index contributed by atoms with van der Waals surface area (Å²) in [7, 11) is 0. The van der Waals surface area contributed by atoms with Crippen LogP contribution in [-0.4, -0.2) is 16.2 Å². The first-order valence-corrected chi connectivity index (χ1v) is 3.50. The average molecular weight is 178 g/mol. The summed E-state index contributed by atoms with van der Waals surface area (Å²) in [5.41, 5.74) is 2.48. The minimum Gasteiger partial charge on any atom is -0.245 e. The van der Waals surface area contributed by atoms with E-state index in [1.165, 1.54) is 6.21 Å². The Bertz CT molecular complexity index is 347. The van der Waals surface area contributed by atoms with Crippen molar-refractivity contribution in [1.29, 1.82) is 0 Å². The van der Waals surface area contributed by atoms with Crippen LogP contribution in [0.2, 0.25) is 0 Å². The first kappa shape index (κ1) is 9.13. The molecule has 4 nitrogen and oxygen atoms in total. The first-order valence-electron chi connectivity index (χ1n) is 3.50. The zero-order chi connectivity index (χ0) is 9.52. The van der Waals surface area contributed by atoms with Gasteiger partial charge in [-0.1, -0.05) is 5.92 Å². The molecule has 1 rings (SSSR count). The highest BCUT2D eigenvalue weighted by atomic mass is 19.1. The van der Waals surface area contributed by atoms with Gasteiger partial charge in [0.2, 0.25) is 5.95 Å². The summed E-state index contributed by atoms with van der Waals surface area (Å²) in [4.78, 5) is 7.23. The third-order valence-electron chi connectivity index (χ3n) is 1.06. The van der Waals surface area contributed by atoms with Crippen LogP contribution in [0, 0.1) is 17.7 Å². The minimum absolute atomic E-state index is 0.232. The van der Waals surface area contributed by atoms with Crippen LogP contribution >= 0.6 is 0 Å². The number of rotatable bonds is 2. The third kappa shape index (κ3) is 3.29. The third-order valence-corrected chi connectivity index (χ3v) is 1.06. The Hall–Kier alpha value is -1.96. The number of nitrogens with one attached hydrogen (secondary N) is 1. The summed E-state index contributed by atoms with van der Waals surface area (Å²) >= 11 is 0. The van der Waals surface area contributed by atoms with Crippen LogP contribution < -0.4 is 5.43 Å². The molecular formula is C8H7FN4. The molecule has 1 N–H and O–H groups in total. The maximum absolute atomic E-state index is 12.3.